The molecule has 104 valence electrons. The normalized spacial score (nSPS) is 15.6. The Morgan fingerprint density at radius 2 is 2.16 bits per heavy atom. The lowest BCUT2D eigenvalue weighted by atomic mass is 10.2. The Morgan fingerprint density at radius 1 is 1.42 bits per heavy atom. The maximum absolute atomic E-state index is 13.3. The van der Waals surface area contributed by atoms with Gasteiger partial charge in [-0.15, -0.1) is 0 Å². The van der Waals surface area contributed by atoms with Gasteiger partial charge in [-0.25, -0.2) is 0 Å². The Balaban J connectivity index is 1.85. The largest absolute Gasteiger partial charge is 0.377 e. The van der Waals surface area contributed by atoms with E-state index in [1.165, 1.54) is 25.0 Å². The van der Waals surface area contributed by atoms with E-state index in [4.69, 9.17) is 4.74 Å². The summed E-state index contributed by atoms with van der Waals surface area (Å²) in [5.41, 5.74) is -0.316. The molecule has 19 heavy (non-hydrogen) atoms. The van der Waals surface area contributed by atoms with Gasteiger partial charge >= 0.3 is 5.69 Å². The SMILES string of the molecule is O=[N+]([O-])c1c(F)cccc1NCCOC1CCCC1. The van der Waals surface area contributed by atoms with E-state index in [-0.39, 0.29) is 5.69 Å². The van der Waals surface area contributed by atoms with Crippen molar-refractivity contribution in [3.05, 3.63) is 34.1 Å². The van der Waals surface area contributed by atoms with Crippen molar-refractivity contribution in [1.29, 1.82) is 0 Å². The molecule has 0 aromatic heterocycles. The Labute approximate surface area is 110 Å². The summed E-state index contributed by atoms with van der Waals surface area (Å²) in [5.74, 6) is -0.827. The van der Waals surface area contributed by atoms with Gasteiger partial charge in [0, 0.05) is 6.54 Å². The van der Waals surface area contributed by atoms with Crippen molar-refractivity contribution in [3.8, 4) is 0 Å². The fraction of sp³-hybridized carbons (Fsp3) is 0.538. The van der Waals surface area contributed by atoms with Gasteiger partial charge in [0.25, 0.3) is 0 Å². The highest BCUT2D eigenvalue weighted by Crippen LogP contribution is 2.27. The number of rotatable bonds is 6. The summed E-state index contributed by atoms with van der Waals surface area (Å²) >= 11 is 0. The molecule has 0 amide bonds. The summed E-state index contributed by atoms with van der Waals surface area (Å²) in [5, 5.41) is 13.6. The van der Waals surface area contributed by atoms with E-state index < -0.39 is 16.4 Å². The Morgan fingerprint density at radius 3 is 2.84 bits per heavy atom. The van der Waals surface area contributed by atoms with Crippen LogP contribution in [0.4, 0.5) is 15.8 Å². The number of ether oxygens (including phenoxy) is 1. The molecule has 0 atom stereocenters. The van der Waals surface area contributed by atoms with Crippen LogP contribution in [-0.2, 0) is 4.74 Å². The maximum atomic E-state index is 13.3. The van der Waals surface area contributed by atoms with Gasteiger partial charge in [0.15, 0.2) is 0 Å². The quantitative estimate of drug-likeness (QED) is 0.489. The third-order valence-corrected chi connectivity index (χ3v) is 3.24. The average molecular weight is 268 g/mol. The number of nitrogens with one attached hydrogen (secondary N) is 1. The van der Waals surface area contributed by atoms with E-state index in [9.17, 15) is 14.5 Å². The zero-order valence-electron chi connectivity index (χ0n) is 10.6. The molecule has 0 spiro atoms. The van der Waals surface area contributed by atoms with Crippen LogP contribution in [0.3, 0.4) is 0 Å². The molecular formula is C13H17FN2O3. The van der Waals surface area contributed by atoms with Crippen molar-refractivity contribution in [2.24, 2.45) is 0 Å². The highest BCUT2D eigenvalue weighted by Gasteiger charge is 2.19. The maximum Gasteiger partial charge on any atom is 0.327 e. The van der Waals surface area contributed by atoms with Crippen LogP contribution in [0.2, 0.25) is 0 Å². The van der Waals surface area contributed by atoms with E-state index >= 15 is 0 Å². The number of anilines is 1. The van der Waals surface area contributed by atoms with Crippen LogP contribution in [0.15, 0.2) is 18.2 Å². The first kappa shape index (κ1) is 13.7. The van der Waals surface area contributed by atoms with Crippen LogP contribution >= 0.6 is 0 Å². The van der Waals surface area contributed by atoms with Crippen LogP contribution in [0.5, 0.6) is 0 Å². The van der Waals surface area contributed by atoms with E-state index in [0.29, 0.717) is 19.3 Å². The van der Waals surface area contributed by atoms with Gasteiger partial charge in [0.2, 0.25) is 5.82 Å². The average Bonchev–Trinajstić information content (AvgIpc) is 2.87. The number of nitrogens with zero attached hydrogens (tertiary/aromatic N) is 1. The topological polar surface area (TPSA) is 64.4 Å². The second-order valence-electron chi connectivity index (χ2n) is 4.60. The first-order valence-electron chi connectivity index (χ1n) is 6.47. The van der Waals surface area contributed by atoms with Gasteiger partial charge < -0.3 is 10.1 Å². The second-order valence-corrected chi connectivity index (χ2v) is 4.60. The predicted molar refractivity (Wildman–Crippen MR) is 69.8 cm³/mol. The van der Waals surface area contributed by atoms with Crippen LogP contribution in [0, 0.1) is 15.9 Å². The summed E-state index contributed by atoms with van der Waals surface area (Å²) < 4.78 is 19.0. The third-order valence-electron chi connectivity index (χ3n) is 3.24. The molecule has 6 heteroatoms. The second kappa shape index (κ2) is 6.47. The van der Waals surface area contributed by atoms with Crippen molar-refractivity contribution < 1.29 is 14.1 Å². The molecule has 1 N–H and O–H groups in total. The molecule has 1 aliphatic carbocycles. The minimum absolute atomic E-state index is 0.194. The van der Waals surface area contributed by atoms with Gasteiger partial charge in [-0.05, 0) is 25.0 Å². The van der Waals surface area contributed by atoms with Crippen molar-refractivity contribution in [3.63, 3.8) is 0 Å². The minimum atomic E-state index is -0.827. The van der Waals surface area contributed by atoms with Crippen molar-refractivity contribution in [1.82, 2.24) is 0 Å². The Bertz CT molecular complexity index is 448. The van der Waals surface area contributed by atoms with Crippen LogP contribution in [-0.4, -0.2) is 24.2 Å². The molecule has 0 saturated heterocycles. The van der Waals surface area contributed by atoms with E-state index in [2.05, 4.69) is 5.32 Å². The third kappa shape index (κ3) is 3.64. The number of nitro groups is 1. The number of hydrogen-bond acceptors (Lipinski definition) is 4. The molecule has 0 unspecified atom stereocenters. The zero-order valence-corrected chi connectivity index (χ0v) is 10.6. The first-order chi connectivity index (χ1) is 9.18. The van der Waals surface area contributed by atoms with Crippen LogP contribution in [0.25, 0.3) is 0 Å². The van der Waals surface area contributed by atoms with Crippen molar-refractivity contribution in [2.45, 2.75) is 31.8 Å². The lowest BCUT2D eigenvalue weighted by molar-refractivity contribution is -0.386. The smallest absolute Gasteiger partial charge is 0.327 e. The molecule has 5 nitrogen and oxygen atoms in total. The highest BCUT2D eigenvalue weighted by atomic mass is 19.1. The molecule has 1 aromatic carbocycles. The summed E-state index contributed by atoms with van der Waals surface area (Å²) in [6.07, 6.45) is 4.88. The molecule has 1 aliphatic rings. The molecule has 0 heterocycles. The summed E-state index contributed by atoms with van der Waals surface area (Å²) in [7, 11) is 0. The van der Waals surface area contributed by atoms with Crippen LogP contribution < -0.4 is 5.32 Å². The zero-order chi connectivity index (χ0) is 13.7. The molecule has 0 radical (unpaired) electrons. The fourth-order valence-electron chi connectivity index (χ4n) is 2.31. The van der Waals surface area contributed by atoms with E-state index in [0.717, 1.165) is 18.9 Å². The number of nitro benzene ring substituents is 1. The molecule has 1 saturated carbocycles. The van der Waals surface area contributed by atoms with Crippen molar-refractivity contribution in [2.75, 3.05) is 18.5 Å². The highest BCUT2D eigenvalue weighted by molar-refractivity contribution is 5.61. The Kier molecular flexibility index (Phi) is 4.68. The molecule has 0 bridgehead atoms. The van der Waals surface area contributed by atoms with Gasteiger partial charge in [-0.3, -0.25) is 10.1 Å². The lowest BCUT2D eigenvalue weighted by Gasteiger charge is -2.12. The monoisotopic (exact) mass is 268 g/mol. The van der Waals surface area contributed by atoms with Gasteiger partial charge in [-0.2, -0.15) is 4.39 Å². The van der Waals surface area contributed by atoms with Crippen LogP contribution in [0.1, 0.15) is 25.7 Å². The standard InChI is InChI=1S/C13H17FN2O3/c14-11-6-3-7-12(13(11)16(17)18)15-8-9-19-10-4-1-2-5-10/h3,6-7,10,15H,1-2,4-5,8-9H2. The molecular weight excluding hydrogens is 251 g/mol. The predicted octanol–water partition coefficient (Wildman–Crippen LogP) is 3.11. The number of halogens is 1. The fourth-order valence-corrected chi connectivity index (χ4v) is 2.31. The van der Waals surface area contributed by atoms with Gasteiger partial charge in [0.1, 0.15) is 5.69 Å². The van der Waals surface area contributed by atoms with E-state index in [1.807, 2.05) is 0 Å². The van der Waals surface area contributed by atoms with Gasteiger partial charge in [0.05, 0.1) is 17.6 Å². The molecule has 2 rings (SSSR count). The lowest BCUT2D eigenvalue weighted by Crippen LogP contribution is -2.16. The Hall–Kier alpha value is -1.69. The van der Waals surface area contributed by atoms with E-state index in [1.54, 1.807) is 0 Å². The summed E-state index contributed by atoms with van der Waals surface area (Å²) in [4.78, 5) is 10.1. The molecule has 1 aromatic rings. The number of benzene rings is 1. The summed E-state index contributed by atoms with van der Waals surface area (Å²) in [6.45, 7) is 0.902. The van der Waals surface area contributed by atoms with Crippen molar-refractivity contribution >= 4 is 11.4 Å². The van der Waals surface area contributed by atoms with Gasteiger partial charge in [-0.1, -0.05) is 18.9 Å². The molecule has 1 fully saturated rings. The number of para-hydroxylation sites is 1. The molecule has 0 aliphatic heterocycles. The first-order valence-corrected chi connectivity index (χ1v) is 6.47. The minimum Gasteiger partial charge on any atom is -0.377 e. The summed E-state index contributed by atoms with van der Waals surface area (Å²) in [6, 6.07) is 4.03. The number of hydrogen-bond donors (Lipinski definition) is 1.